The van der Waals surface area contributed by atoms with Gasteiger partial charge < -0.3 is 5.32 Å². The molecule has 1 aromatic carbocycles. The fraction of sp³-hybridized carbons (Fsp3) is 0.696. The van der Waals surface area contributed by atoms with Gasteiger partial charge in [0.1, 0.15) is 0 Å². The first-order chi connectivity index (χ1) is 13.6. The summed E-state index contributed by atoms with van der Waals surface area (Å²) < 4.78 is 25.7. The Hall–Kier alpha value is -1.56. The van der Waals surface area contributed by atoms with Gasteiger partial charge in [-0.2, -0.15) is 0 Å². The molecule has 1 amide bonds. The van der Waals surface area contributed by atoms with Crippen molar-refractivity contribution >= 4 is 21.6 Å². The maximum atomic E-state index is 13.1. The molecule has 1 aromatic rings. The number of anilines is 1. The summed E-state index contributed by atoms with van der Waals surface area (Å²) in [6.45, 7) is 4.11. The largest absolute Gasteiger partial charge is 0.349 e. The summed E-state index contributed by atoms with van der Waals surface area (Å²) in [7, 11) is -3.31. The van der Waals surface area contributed by atoms with Crippen molar-refractivity contribution in [2.75, 3.05) is 10.6 Å². The number of sulfonamides is 1. The van der Waals surface area contributed by atoms with Gasteiger partial charge >= 0.3 is 0 Å². The van der Waals surface area contributed by atoms with Crippen LogP contribution in [0.5, 0.6) is 0 Å². The summed E-state index contributed by atoms with van der Waals surface area (Å²) >= 11 is 0. The average molecular weight is 417 g/mol. The predicted octanol–water partition coefficient (Wildman–Crippen LogP) is 3.73. The van der Waals surface area contributed by atoms with Gasteiger partial charge in [0, 0.05) is 17.6 Å². The first-order valence-corrected chi connectivity index (χ1v) is 12.9. The van der Waals surface area contributed by atoms with E-state index in [0.29, 0.717) is 17.7 Å². The summed E-state index contributed by atoms with van der Waals surface area (Å²) in [6, 6.07) is 5.53. The zero-order valence-electron chi connectivity index (χ0n) is 17.6. The van der Waals surface area contributed by atoms with E-state index in [1.165, 1.54) is 49.1 Å². The molecule has 4 aliphatic carbocycles. The number of fused-ring (bicyclic) bond motifs is 1. The van der Waals surface area contributed by atoms with Crippen LogP contribution in [0, 0.1) is 23.2 Å². The normalized spacial score (nSPS) is 36.2. The maximum absolute atomic E-state index is 13.1. The first kappa shape index (κ1) is 19.4. The van der Waals surface area contributed by atoms with E-state index in [0.717, 1.165) is 23.3 Å². The topological polar surface area (TPSA) is 66.5 Å². The van der Waals surface area contributed by atoms with Crippen LogP contribution in [0.25, 0.3) is 0 Å². The second-order valence-corrected chi connectivity index (χ2v) is 12.3. The van der Waals surface area contributed by atoms with E-state index in [4.69, 9.17) is 0 Å². The molecule has 6 rings (SSSR count). The van der Waals surface area contributed by atoms with Gasteiger partial charge in [-0.25, -0.2) is 8.42 Å². The van der Waals surface area contributed by atoms with Crippen molar-refractivity contribution in [2.24, 2.45) is 23.2 Å². The number of carbonyl (C=O) groups excluding carboxylic acids is 1. The highest BCUT2D eigenvalue weighted by atomic mass is 32.2. The molecular formula is C23H32N2O3S. The molecule has 158 valence electrons. The van der Waals surface area contributed by atoms with Crippen LogP contribution in [0.3, 0.4) is 0 Å². The van der Waals surface area contributed by atoms with Gasteiger partial charge in [0.05, 0.1) is 11.9 Å². The standard InChI is InChI=1S/C23H32N2O3S/c1-14-6-20-10-19(4-5-21(20)25(14)29(3,27)28)22(26)24-15(2)23-11-16-7-17(12-23)9-18(8-16)13-23/h4-5,10,14-18H,6-9,11-13H2,1-3H3,(H,24,26)/t14-,15-,16?,17?,18?,23?/m0/s1. The van der Waals surface area contributed by atoms with Crippen LogP contribution >= 0.6 is 0 Å². The molecule has 6 heteroatoms. The van der Waals surface area contributed by atoms with E-state index in [1.54, 1.807) is 12.1 Å². The van der Waals surface area contributed by atoms with Gasteiger partial charge in [-0.05, 0) is 106 Å². The minimum atomic E-state index is -3.31. The Kier molecular flexibility index (Phi) is 4.33. The lowest BCUT2D eigenvalue weighted by Gasteiger charge is -2.59. The van der Waals surface area contributed by atoms with Crippen LogP contribution in [0.4, 0.5) is 5.69 Å². The molecule has 0 saturated heterocycles. The Morgan fingerprint density at radius 3 is 2.28 bits per heavy atom. The minimum Gasteiger partial charge on any atom is -0.349 e. The zero-order chi connectivity index (χ0) is 20.6. The third-order valence-electron chi connectivity index (χ3n) is 8.20. The third-order valence-corrected chi connectivity index (χ3v) is 9.48. The number of nitrogens with one attached hydrogen (secondary N) is 1. The van der Waals surface area contributed by atoms with Crippen LogP contribution < -0.4 is 9.62 Å². The number of carbonyl (C=O) groups is 1. The van der Waals surface area contributed by atoms with E-state index >= 15 is 0 Å². The van der Waals surface area contributed by atoms with Gasteiger partial charge in [0.25, 0.3) is 5.91 Å². The molecule has 1 aliphatic heterocycles. The zero-order valence-corrected chi connectivity index (χ0v) is 18.5. The minimum absolute atomic E-state index is 0.0264. The number of benzene rings is 1. The molecule has 1 N–H and O–H groups in total. The van der Waals surface area contributed by atoms with Crippen molar-refractivity contribution in [2.45, 2.75) is 70.9 Å². The monoisotopic (exact) mass is 416 g/mol. The predicted molar refractivity (Wildman–Crippen MR) is 114 cm³/mol. The Labute approximate surface area is 174 Å². The van der Waals surface area contributed by atoms with Crippen LogP contribution in [0.15, 0.2) is 18.2 Å². The van der Waals surface area contributed by atoms with Gasteiger partial charge in [0.2, 0.25) is 10.0 Å². The Morgan fingerprint density at radius 1 is 1.14 bits per heavy atom. The quantitative estimate of drug-likeness (QED) is 0.813. The summed E-state index contributed by atoms with van der Waals surface area (Å²) in [5.41, 5.74) is 2.58. The molecule has 0 radical (unpaired) electrons. The highest BCUT2D eigenvalue weighted by molar-refractivity contribution is 7.92. The Morgan fingerprint density at radius 2 is 1.72 bits per heavy atom. The fourth-order valence-corrected chi connectivity index (χ4v) is 8.65. The molecule has 1 heterocycles. The first-order valence-electron chi connectivity index (χ1n) is 11.1. The number of rotatable bonds is 4. The molecule has 4 saturated carbocycles. The molecule has 2 atom stereocenters. The number of hydrogen-bond donors (Lipinski definition) is 1. The van der Waals surface area contributed by atoms with Crippen LogP contribution in [-0.2, 0) is 16.4 Å². The third kappa shape index (κ3) is 3.18. The van der Waals surface area contributed by atoms with E-state index < -0.39 is 10.0 Å². The van der Waals surface area contributed by atoms with Gasteiger partial charge in [-0.1, -0.05) is 0 Å². The summed E-state index contributed by atoms with van der Waals surface area (Å²) in [5, 5.41) is 3.33. The van der Waals surface area contributed by atoms with Crippen molar-refractivity contribution < 1.29 is 13.2 Å². The van der Waals surface area contributed by atoms with Crippen LogP contribution in [-0.4, -0.2) is 32.7 Å². The Bertz CT molecular complexity index is 920. The SMILES string of the molecule is C[C@H](NC(=O)c1ccc2c(c1)C[C@H](C)N2S(C)(=O)=O)C12CC3CC(CC(C3)C1)C2. The molecular weight excluding hydrogens is 384 g/mol. The van der Waals surface area contributed by atoms with Crippen molar-refractivity contribution in [1.29, 1.82) is 0 Å². The van der Waals surface area contributed by atoms with E-state index in [2.05, 4.69) is 12.2 Å². The second-order valence-electron chi connectivity index (χ2n) is 10.4. The molecule has 29 heavy (non-hydrogen) atoms. The van der Waals surface area contributed by atoms with Crippen LogP contribution in [0.1, 0.15) is 68.3 Å². The summed E-state index contributed by atoms with van der Waals surface area (Å²) in [5.74, 6) is 2.57. The van der Waals surface area contributed by atoms with E-state index in [9.17, 15) is 13.2 Å². The van der Waals surface area contributed by atoms with Gasteiger partial charge in [-0.3, -0.25) is 9.10 Å². The molecule has 5 nitrogen and oxygen atoms in total. The lowest BCUT2D eigenvalue weighted by molar-refractivity contribution is -0.0688. The molecule has 0 aromatic heterocycles. The van der Waals surface area contributed by atoms with Crippen molar-refractivity contribution in [3.05, 3.63) is 29.3 Å². The molecule has 4 fully saturated rings. The maximum Gasteiger partial charge on any atom is 0.251 e. The fourth-order valence-electron chi connectivity index (χ4n) is 7.39. The molecule has 0 spiro atoms. The molecule has 5 aliphatic rings. The number of hydrogen-bond acceptors (Lipinski definition) is 3. The van der Waals surface area contributed by atoms with Gasteiger partial charge in [0.15, 0.2) is 0 Å². The molecule has 0 unspecified atom stereocenters. The smallest absolute Gasteiger partial charge is 0.251 e. The van der Waals surface area contributed by atoms with Crippen molar-refractivity contribution in [3.63, 3.8) is 0 Å². The van der Waals surface area contributed by atoms with Gasteiger partial charge in [-0.15, -0.1) is 0 Å². The summed E-state index contributed by atoms with van der Waals surface area (Å²) in [6.07, 6.45) is 9.90. The Balaban J connectivity index is 1.34. The second kappa shape index (κ2) is 6.47. The molecule has 4 bridgehead atoms. The number of amides is 1. The lowest BCUT2D eigenvalue weighted by atomic mass is 9.48. The highest BCUT2D eigenvalue weighted by Crippen LogP contribution is 2.61. The van der Waals surface area contributed by atoms with Crippen LogP contribution in [0.2, 0.25) is 0 Å². The average Bonchev–Trinajstić information content (AvgIpc) is 2.95. The highest BCUT2D eigenvalue weighted by Gasteiger charge is 2.53. The van der Waals surface area contributed by atoms with E-state index in [-0.39, 0.29) is 23.4 Å². The number of nitrogens with zero attached hydrogens (tertiary/aromatic N) is 1. The van der Waals surface area contributed by atoms with Crippen molar-refractivity contribution in [1.82, 2.24) is 5.32 Å². The lowest BCUT2D eigenvalue weighted by Crippen LogP contribution is -2.55. The summed E-state index contributed by atoms with van der Waals surface area (Å²) in [4.78, 5) is 13.1. The van der Waals surface area contributed by atoms with E-state index in [1.807, 2.05) is 13.0 Å². The van der Waals surface area contributed by atoms with Crippen molar-refractivity contribution in [3.8, 4) is 0 Å².